The van der Waals surface area contributed by atoms with Crippen molar-refractivity contribution in [2.75, 3.05) is 11.9 Å². The van der Waals surface area contributed by atoms with E-state index < -0.39 is 12.6 Å². The SMILES string of the molecule is CCC(=O)Nc1ccc(C(=O)COC(=O)/C=C/c2ccc(Cl)cc2Cl)cc1. The molecular weight excluding hydrogens is 389 g/mol. The number of carbonyl (C=O) groups excluding carboxylic acids is 3. The molecule has 2 aromatic rings. The molecule has 0 radical (unpaired) electrons. The summed E-state index contributed by atoms with van der Waals surface area (Å²) < 4.78 is 4.94. The second-order valence-corrected chi connectivity index (χ2v) is 6.35. The van der Waals surface area contributed by atoms with Crippen molar-refractivity contribution in [3.63, 3.8) is 0 Å². The maximum Gasteiger partial charge on any atom is 0.331 e. The van der Waals surface area contributed by atoms with Crippen LogP contribution in [0.2, 0.25) is 10.0 Å². The Morgan fingerprint density at radius 3 is 2.41 bits per heavy atom. The first-order chi connectivity index (χ1) is 12.9. The maximum absolute atomic E-state index is 12.1. The highest BCUT2D eigenvalue weighted by atomic mass is 35.5. The molecule has 27 heavy (non-hydrogen) atoms. The van der Waals surface area contributed by atoms with Crippen LogP contribution in [-0.2, 0) is 14.3 Å². The first-order valence-electron chi connectivity index (χ1n) is 8.12. The van der Waals surface area contributed by atoms with E-state index in [1.807, 2.05) is 0 Å². The summed E-state index contributed by atoms with van der Waals surface area (Å²) in [6, 6.07) is 11.2. The first kappa shape index (κ1) is 20.7. The molecule has 1 amide bonds. The summed E-state index contributed by atoms with van der Waals surface area (Å²) in [4.78, 5) is 35.2. The molecule has 1 N–H and O–H groups in total. The number of halogens is 2. The summed E-state index contributed by atoms with van der Waals surface area (Å²) in [5.41, 5.74) is 1.58. The maximum atomic E-state index is 12.1. The number of ether oxygens (including phenoxy) is 1. The van der Waals surface area contributed by atoms with Crippen molar-refractivity contribution < 1.29 is 19.1 Å². The average molecular weight is 406 g/mol. The number of rotatable bonds is 7. The molecule has 0 atom stereocenters. The molecule has 0 saturated carbocycles. The van der Waals surface area contributed by atoms with Crippen molar-refractivity contribution >= 4 is 52.6 Å². The van der Waals surface area contributed by atoms with Crippen LogP contribution in [0.5, 0.6) is 0 Å². The number of hydrogen-bond acceptors (Lipinski definition) is 4. The number of ketones is 1. The molecule has 2 rings (SSSR count). The van der Waals surface area contributed by atoms with Crippen molar-refractivity contribution in [2.24, 2.45) is 0 Å². The van der Waals surface area contributed by atoms with E-state index in [-0.39, 0.29) is 11.7 Å². The highest BCUT2D eigenvalue weighted by Gasteiger charge is 2.09. The summed E-state index contributed by atoms with van der Waals surface area (Å²) in [5.74, 6) is -1.13. The molecule has 0 aromatic heterocycles. The van der Waals surface area contributed by atoms with E-state index in [0.717, 1.165) is 0 Å². The molecule has 7 heteroatoms. The molecule has 0 aliphatic carbocycles. The van der Waals surface area contributed by atoms with Gasteiger partial charge in [-0.1, -0.05) is 36.2 Å². The van der Waals surface area contributed by atoms with Crippen LogP contribution in [0.3, 0.4) is 0 Å². The lowest BCUT2D eigenvalue weighted by atomic mass is 10.1. The quantitative estimate of drug-likeness (QED) is 0.408. The van der Waals surface area contributed by atoms with Gasteiger partial charge in [-0.05, 0) is 48.0 Å². The molecule has 0 fully saturated rings. The van der Waals surface area contributed by atoms with E-state index in [2.05, 4.69) is 5.32 Å². The van der Waals surface area contributed by atoms with Crippen molar-refractivity contribution in [1.29, 1.82) is 0 Å². The van der Waals surface area contributed by atoms with Gasteiger partial charge in [0.1, 0.15) is 0 Å². The summed E-state index contributed by atoms with van der Waals surface area (Å²) in [6.07, 6.45) is 3.04. The van der Waals surface area contributed by atoms with Crippen LogP contribution in [0, 0.1) is 0 Å². The number of nitrogens with one attached hydrogen (secondary N) is 1. The van der Waals surface area contributed by atoms with Crippen LogP contribution in [0.1, 0.15) is 29.3 Å². The third kappa shape index (κ3) is 6.55. The lowest BCUT2D eigenvalue weighted by Gasteiger charge is -2.05. The van der Waals surface area contributed by atoms with Gasteiger partial charge < -0.3 is 10.1 Å². The van der Waals surface area contributed by atoms with Gasteiger partial charge in [-0.15, -0.1) is 0 Å². The Bertz CT molecular complexity index is 876. The minimum atomic E-state index is -0.666. The molecule has 0 saturated heterocycles. The third-order valence-electron chi connectivity index (χ3n) is 3.52. The Morgan fingerprint density at radius 2 is 1.78 bits per heavy atom. The lowest BCUT2D eigenvalue weighted by Crippen LogP contribution is -2.13. The highest BCUT2D eigenvalue weighted by Crippen LogP contribution is 2.22. The topological polar surface area (TPSA) is 72.5 Å². The standard InChI is InChI=1S/C20H17Cl2NO4/c1-2-19(25)23-16-8-4-14(5-9-16)18(24)12-27-20(26)10-6-13-3-7-15(21)11-17(13)22/h3-11H,2,12H2,1H3,(H,23,25)/b10-6+. The zero-order chi connectivity index (χ0) is 19.8. The Labute approximate surface area is 166 Å². The van der Waals surface area contributed by atoms with Gasteiger partial charge in [-0.25, -0.2) is 4.79 Å². The highest BCUT2D eigenvalue weighted by molar-refractivity contribution is 6.35. The van der Waals surface area contributed by atoms with Crippen LogP contribution >= 0.6 is 23.2 Å². The second kappa shape index (κ2) is 9.90. The molecule has 2 aromatic carbocycles. The number of esters is 1. The van der Waals surface area contributed by atoms with Gasteiger partial charge >= 0.3 is 5.97 Å². The molecule has 5 nitrogen and oxygen atoms in total. The van der Waals surface area contributed by atoms with Gasteiger partial charge in [-0.3, -0.25) is 9.59 Å². The predicted octanol–water partition coefficient (Wildman–Crippen LogP) is 4.78. The van der Waals surface area contributed by atoms with E-state index >= 15 is 0 Å². The Morgan fingerprint density at radius 1 is 1.07 bits per heavy atom. The number of carbonyl (C=O) groups is 3. The first-order valence-corrected chi connectivity index (χ1v) is 8.87. The fraction of sp³-hybridized carbons (Fsp3) is 0.150. The largest absolute Gasteiger partial charge is 0.454 e. The summed E-state index contributed by atoms with van der Waals surface area (Å²) in [6.45, 7) is 1.36. The van der Waals surface area contributed by atoms with Crippen LogP contribution in [0.25, 0.3) is 6.08 Å². The molecule has 140 valence electrons. The van der Waals surface area contributed by atoms with Crippen LogP contribution < -0.4 is 5.32 Å². The van der Waals surface area contributed by atoms with Crippen LogP contribution in [0.4, 0.5) is 5.69 Å². The summed E-state index contributed by atoms with van der Waals surface area (Å²) in [7, 11) is 0. The molecule has 0 aliphatic rings. The van der Waals surface area contributed by atoms with Gasteiger partial charge in [-0.2, -0.15) is 0 Å². The zero-order valence-electron chi connectivity index (χ0n) is 14.5. The number of hydrogen-bond donors (Lipinski definition) is 1. The Balaban J connectivity index is 1.88. The third-order valence-corrected chi connectivity index (χ3v) is 4.08. The summed E-state index contributed by atoms with van der Waals surface area (Å²) >= 11 is 11.8. The van der Waals surface area contributed by atoms with Crippen molar-refractivity contribution in [3.8, 4) is 0 Å². The predicted molar refractivity (Wildman–Crippen MR) is 106 cm³/mol. The van der Waals surface area contributed by atoms with E-state index in [1.165, 1.54) is 12.2 Å². The second-order valence-electron chi connectivity index (χ2n) is 5.51. The minimum absolute atomic E-state index is 0.115. The number of anilines is 1. The monoisotopic (exact) mass is 405 g/mol. The normalized spacial score (nSPS) is 10.6. The van der Waals surface area contributed by atoms with Gasteiger partial charge in [0.25, 0.3) is 0 Å². The van der Waals surface area contributed by atoms with Crippen molar-refractivity contribution in [1.82, 2.24) is 0 Å². The fourth-order valence-electron chi connectivity index (χ4n) is 2.05. The molecular formula is C20H17Cl2NO4. The van der Waals surface area contributed by atoms with E-state index in [1.54, 1.807) is 49.4 Å². The van der Waals surface area contributed by atoms with E-state index in [0.29, 0.717) is 33.3 Å². The minimum Gasteiger partial charge on any atom is -0.454 e. The van der Waals surface area contributed by atoms with Crippen molar-refractivity contribution in [2.45, 2.75) is 13.3 Å². The molecule has 0 heterocycles. The van der Waals surface area contributed by atoms with Gasteiger partial charge in [0.15, 0.2) is 12.4 Å². The molecule has 0 spiro atoms. The van der Waals surface area contributed by atoms with E-state index in [4.69, 9.17) is 27.9 Å². The average Bonchev–Trinajstić information content (AvgIpc) is 2.65. The number of Topliss-reactive ketones (excluding diaryl/α,β-unsaturated/α-hetero) is 1. The summed E-state index contributed by atoms with van der Waals surface area (Å²) in [5, 5.41) is 3.58. The molecule has 0 bridgehead atoms. The van der Waals surface area contributed by atoms with Crippen LogP contribution in [0.15, 0.2) is 48.5 Å². The van der Waals surface area contributed by atoms with Gasteiger partial charge in [0, 0.05) is 33.8 Å². The van der Waals surface area contributed by atoms with Crippen molar-refractivity contribution in [3.05, 3.63) is 69.7 Å². The fourth-order valence-corrected chi connectivity index (χ4v) is 2.52. The van der Waals surface area contributed by atoms with Gasteiger partial charge in [0.2, 0.25) is 5.91 Å². The van der Waals surface area contributed by atoms with Crippen LogP contribution in [-0.4, -0.2) is 24.3 Å². The molecule has 0 aliphatic heterocycles. The van der Waals surface area contributed by atoms with Gasteiger partial charge in [0.05, 0.1) is 0 Å². The zero-order valence-corrected chi connectivity index (χ0v) is 16.0. The number of benzene rings is 2. The van der Waals surface area contributed by atoms with E-state index in [9.17, 15) is 14.4 Å². The number of amides is 1. The smallest absolute Gasteiger partial charge is 0.331 e. The Hall–Kier alpha value is -2.63. The molecule has 0 unspecified atom stereocenters. The Kier molecular flexibility index (Phi) is 7.58. The lowest BCUT2D eigenvalue weighted by molar-refractivity contribution is -0.136.